The average Bonchev–Trinajstić information content (AvgIpc) is 2.53. The lowest BCUT2D eigenvalue weighted by atomic mass is 9.95. The van der Waals surface area contributed by atoms with Crippen LogP contribution in [-0.4, -0.2) is 10.7 Å². The van der Waals surface area contributed by atoms with Crippen molar-refractivity contribution in [2.75, 3.05) is 0 Å². The summed E-state index contributed by atoms with van der Waals surface area (Å²) in [6.07, 6.45) is 0.217. The van der Waals surface area contributed by atoms with Crippen LogP contribution in [0.5, 0.6) is 0 Å². The van der Waals surface area contributed by atoms with Gasteiger partial charge in [-0.2, -0.15) is 0 Å². The van der Waals surface area contributed by atoms with Gasteiger partial charge in [0.25, 0.3) is 5.70 Å². The number of nitrogens with zero attached hydrogens (tertiary/aromatic N) is 1. The minimum absolute atomic E-state index is 0.145. The molecule has 0 spiro atoms. The summed E-state index contributed by atoms with van der Waals surface area (Å²) >= 11 is 0. The molecule has 21 heavy (non-hydrogen) atoms. The third kappa shape index (κ3) is 3.23. The van der Waals surface area contributed by atoms with Gasteiger partial charge in [0, 0.05) is 6.42 Å². The minimum Gasteiger partial charge on any atom is -0.294 e. The van der Waals surface area contributed by atoms with E-state index >= 15 is 0 Å². The molecule has 4 nitrogen and oxygen atoms in total. The normalized spacial score (nSPS) is 11.7. The van der Waals surface area contributed by atoms with Gasteiger partial charge in [0.2, 0.25) is 0 Å². The summed E-state index contributed by atoms with van der Waals surface area (Å²) in [7, 11) is 0. The lowest BCUT2D eigenvalue weighted by Crippen LogP contribution is -2.09. The molecule has 0 saturated heterocycles. The molecule has 0 saturated carbocycles. The third-order valence-electron chi connectivity index (χ3n) is 3.13. The van der Waals surface area contributed by atoms with Gasteiger partial charge in [-0.05, 0) is 17.7 Å². The molecule has 106 valence electrons. The Hall–Kier alpha value is -2.75. The molecule has 0 N–H and O–H groups in total. The van der Waals surface area contributed by atoms with Gasteiger partial charge in [-0.1, -0.05) is 55.5 Å². The minimum atomic E-state index is -0.481. The Morgan fingerprint density at radius 2 is 1.43 bits per heavy atom. The second-order valence-corrected chi connectivity index (χ2v) is 4.49. The number of hydrogen-bond acceptors (Lipinski definition) is 3. The van der Waals surface area contributed by atoms with Crippen molar-refractivity contribution in [2.45, 2.75) is 13.3 Å². The molecule has 0 aliphatic heterocycles. The number of carbonyl (C=O) groups excluding carboxylic acids is 1. The van der Waals surface area contributed by atoms with Gasteiger partial charge in [0.15, 0.2) is 5.78 Å². The number of hydrogen-bond donors (Lipinski definition) is 0. The molecule has 2 rings (SSSR count). The molecule has 0 fully saturated rings. The van der Waals surface area contributed by atoms with Crippen molar-refractivity contribution in [3.8, 4) is 0 Å². The van der Waals surface area contributed by atoms with Gasteiger partial charge in [-0.15, -0.1) is 0 Å². The quantitative estimate of drug-likeness (QED) is 0.362. The van der Waals surface area contributed by atoms with Crippen LogP contribution in [0.1, 0.15) is 24.5 Å². The zero-order valence-electron chi connectivity index (χ0n) is 11.7. The van der Waals surface area contributed by atoms with Crippen molar-refractivity contribution in [1.82, 2.24) is 0 Å². The van der Waals surface area contributed by atoms with E-state index in [1.807, 2.05) is 6.07 Å². The van der Waals surface area contributed by atoms with E-state index in [9.17, 15) is 14.9 Å². The van der Waals surface area contributed by atoms with Crippen molar-refractivity contribution in [1.29, 1.82) is 0 Å². The highest BCUT2D eigenvalue weighted by Crippen LogP contribution is 2.28. The number of benzene rings is 2. The first-order chi connectivity index (χ1) is 10.1. The Morgan fingerprint density at radius 1 is 0.952 bits per heavy atom. The molecule has 2 aromatic carbocycles. The van der Waals surface area contributed by atoms with Crippen molar-refractivity contribution in [2.24, 2.45) is 0 Å². The molecular weight excluding hydrogens is 266 g/mol. The maximum Gasteiger partial charge on any atom is 0.287 e. The van der Waals surface area contributed by atoms with E-state index in [-0.39, 0.29) is 23.5 Å². The lowest BCUT2D eigenvalue weighted by molar-refractivity contribution is -0.374. The first-order valence-electron chi connectivity index (χ1n) is 6.67. The largest absolute Gasteiger partial charge is 0.294 e. The van der Waals surface area contributed by atoms with E-state index in [2.05, 4.69) is 0 Å². The van der Waals surface area contributed by atoms with E-state index in [0.717, 1.165) is 0 Å². The van der Waals surface area contributed by atoms with Crippen LogP contribution in [0.25, 0.3) is 11.3 Å². The predicted octanol–water partition coefficient (Wildman–Crippen LogP) is 3.81. The van der Waals surface area contributed by atoms with Crippen LogP contribution in [0.3, 0.4) is 0 Å². The van der Waals surface area contributed by atoms with Gasteiger partial charge in [0.05, 0.1) is 10.5 Å². The van der Waals surface area contributed by atoms with Crippen LogP contribution < -0.4 is 0 Å². The third-order valence-corrected chi connectivity index (χ3v) is 3.13. The Labute approximate surface area is 122 Å². The maximum absolute atomic E-state index is 12.3. The van der Waals surface area contributed by atoms with Crippen molar-refractivity contribution in [3.63, 3.8) is 0 Å². The fraction of sp³-hybridized carbons (Fsp3) is 0.118. The molecule has 0 unspecified atom stereocenters. The van der Waals surface area contributed by atoms with Gasteiger partial charge in [-0.3, -0.25) is 14.9 Å². The Balaban J connectivity index is 2.75. The summed E-state index contributed by atoms with van der Waals surface area (Å²) in [4.78, 5) is 23.3. The van der Waals surface area contributed by atoms with Gasteiger partial charge in [-0.25, -0.2) is 0 Å². The number of allylic oxidation sites excluding steroid dienone is 1. The van der Waals surface area contributed by atoms with E-state index in [1.54, 1.807) is 61.5 Å². The van der Waals surface area contributed by atoms with E-state index in [1.165, 1.54) is 0 Å². The second-order valence-electron chi connectivity index (χ2n) is 4.49. The number of carbonyl (C=O) groups is 1. The zero-order valence-corrected chi connectivity index (χ0v) is 11.7. The van der Waals surface area contributed by atoms with Crippen molar-refractivity contribution in [3.05, 3.63) is 81.9 Å². The first-order valence-corrected chi connectivity index (χ1v) is 6.67. The van der Waals surface area contributed by atoms with Crippen LogP contribution in [0.2, 0.25) is 0 Å². The van der Waals surface area contributed by atoms with Crippen LogP contribution in [0.4, 0.5) is 0 Å². The summed E-state index contributed by atoms with van der Waals surface area (Å²) in [5.41, 5.74) is 1.02. The standard InChI is InChI=1S/C17H15NO3/c1-2-15(19)16(13-9-5-3-6-10-13)17(18(20)21)14-11-7-4-8-12-14/h3-12H,2H2,1H3/b17-16-. The van der Waals surface area contributed by atoms with Crippen molar-refractivity contribution < 1.29 is 9.72 Å². The smallest absolute Gasteiger partial charge is 0.287 e. The molecule has 0 bridgehead atoms. The van der Waals surface area contributed by atoms with Crippen LogP contribution in [0.15, 0.2) is 60.7 Å². The van der Waals surface area contributed by atoms with Gasteiger partial charge in [0.1, 0.15) is 5.57 Å². The number of ketones is 1. The lowest BCUT2D eigenvalue weighted by Gasteiger charge is -2.08. The highest BCUT2D eigenvalue weighted by Gasteiger charge is 2.26. The fourth-order valence-corrected chi connectivity index (χ4v) is 2.15. The molecule has 0 aliphatic carbocycles. The molecule has 0 aromatic heterocycles. The second kappa shape index (κ2) is 6.61. The van der Waals surface area contributed by atoms with Crippen molar-refractivity contribution >= 4 is 17.1 Å². The highest BCUT2D eigenvalue weighted by atomic mass is 16.6. The van der Waals surface area contributed by atoms with E-state index in [0.29, 0.717) is 11.1 Å². The van der Waals surface area contributed by atoms with Crippen LogP contribution in [0, 0.1) is 10.1 Å². The van der Waals surface area contributed by atoms with E-state index in [4.69, 9.17) is 0 Å². The first kappa shape index (κ1) is 14.7. The summed E-state index contributed by atoms with van der Waals surface area (Å²) in [6.45, 7) is 1.70. The molecule has 0 amide bonds. The van der Waals surface area contributed by atoms with Gasteiger partial charge < -0.3 is 0 Å². The number of rotatable bonds is 5. The molecule has 0 radical (unpaired) electrons. The predicted molar refractivity (Wildman–Crippen MR) is 82.0 cm³/mol. The molecule has 2 aromatic rings. The number of nitro groups is 1. The highest BCUT2D eigenvalue weighted by molar-refractivity contribution is 6.26. The topological polar surface area (TPSA) is 60.2 Å². The Kier molecular flexibility index (Phi) is 4.61. The Morgan fingerprint density at radius 3 is 1.86 bits per heavy atom. The molecule has 0 atom stereocenters. The SMILES string of the molecule is CCC(=O)/C(=C(/c1ccccc1)[N+](=O)[O-])c1ccccc1. The van der Waals surface area contributed by atoms with Crippen LogP contribution >= 0.6 is 0 Å². The summed E-state index contributed by atoms with van der Waals surface area (Å²) in [6, 6.07) is 17.3. The van der Waals surface area contributed by atoms with E-state index < -0.39 is 4.92 Å². The summed E-state index contributed by atoms with van der Waals surface area (Å²) in [5, 5.41) is 11.5. The summed E-state index contributed by atoms with van der Waals surface area (Å²) < 4.78 is 0. The molecule has 0 heterocycles. The Bertz CT molecular complexity index is 676. The average molecular weight is 281 g/mol. The summed E-state index contributed by atoms with van der Waals surface area (Å²) in [5.74, 6) is -0.239. The number of Topliss-reactive ketones (excluding diaryl/α,β-unsaturated/α-hetero) is 1. The van der Waals surface area contributed by atoms with Crippen LogP contribution in [-0.2, 0) is 4.79 Å². The maximum atomic E-state index is 12.3. The van der Waals surface area contributed by atoms with Gasteiger partial charge >= 0.3 is 0 Å². The zero-order chi connectivity index (χ0) is 15.2. The fourth-order valence-electron chi connectivity index (χ4n) is 2.15. The molecular formula is C17H15NO3. The monoisotopic (exact) mass is 281 g/mol. The molecule has 4 heteroatoms. The molecule has 0 aliphatic rings.